The molecule has 2 fully saturated rings. The van der Waals surface area contributed by atoms with Crippen LogP contribution < -0.4 is 10.6 Å². The van der Waals surface area contributed by atoms with Crippen molar-refractivity contribution in [3.05, 3.63) is 0 Å². The molecule has 0 aromatic heterocycles. The van der Waals surface area contributed by atoms with Crippen LogP contribution in [0.1, 0.15) is 39.0 Å². The third-order valence-electron chi connectivity index (χ3n) is 3.38. The van der Waals surface area contributed by atoms with Gasteiger partial charge in [0.1, 0.15) is 0 Å². The lowest BCUT2D eigenvalue weighted by Gasteiger charge is -2.25. The summed E-state index contributed by atoms with van der Waals surface area (Å²) in [5, 5.41) is 4.85. The number of aliphatic imine (C=N–C) groups is 1. The summed E-state index contributed by atoms with van der Waals surface area (Å²) in [4.78, 5) is 26.2. The highest BCUT2D eigenvalue weighted by atomic mass is 16.2. The van der Waals surface area contributed by atoms with Crippen LogP contribution in [0, 0.1) is 5.92 Å². The van der Waals surface area contributed by atoms with Crippen molar-refractivity contribution in [3.63, 3.8) is 0 Å². The second kappa shape index (κ2) is 4.63. The van der Waals surface area contributed by atoms with E-state index in [9.17, 15) is 9.59 Å². The first-order chi connectivity index (χ1) is 7.69. The minimum Gasteiger partial charge on any atom is -0.288 e. The van der Waals surface area contributed by atoms with Gasteiger partial charge in [-0.3, -0.25) is 20.2 Å². The summed E-state index contributed by atoms with van der Waals surface area (Å²) < 4.78 is 0. The van der Waals surface area contributed by atoms with E-state index in [-0.39, 0.29) is 6.04 Å². The van der Waals surface area contributed by atoms with E-state index in [2.05, 4.69) is 22.5 Å². The normalized spacial score (nSPS) is 29.9. The van der Waals surface area contributed by atoms with Gasteiger partial charge in [0.2, 0.25) is 5.96 Å². The molecule has 1 aliphatic carbocycles. The third kappa shape index (κ3) is 2.40. The number of nitrogens with one attached hydrogen (secondary N) is 2. The molecule has 0 aromatic carbocycles. The van der Waals surface area contributed by atoms with E-state index >= 15 is 0 Å². The fourth-order valence-electron chi connectivity index (χ4n) is 2.29. The van der Waals surface area contributed by atoms with Crippen LogP contribution in [0.2, 0.25) is 0 Å². The Labute approximate surface area is 94.7 Å². The standard InChI is InChI=1S/C11H17N3O2/c1-2-7-3-5-8(6-4-7)12-11-13-9(15)10(16)14-11/h7-8H,2-6H2,1H3,(H2,12,13,14,15,16). The molecule has 0 aromatic rings. The lowest BCUT2D eigenvalue weighted by Crippen LogP contribution is -2.29. The second-order valence-corrected chi connectivity index (χ2v) is 4.47. The Hall–Kier alpha value is -1.39. The van der Waals surface area contributed by atoms with Gasteiger partial charge in [-0.1, -0.05) is 13.3 Å². The predicted octanol–water partition coefficient (Wildman–Crippen LogP) is 0.557. The first kappa shape index (κ1) is 11.1. The Balaban J connectivity index is 1.89. The molecule has 0 spiro atoms. The molecule has 1 saturated carbocycles. The number of amides is 2. The van der Waals surface area contributed by atoms with E-state index < -0.39 is 11.8 Å². The van der Waals surface area contributed by atoms with E-state index in [4.69, 9.17) is 0 Å². The molecule has 1 aliphatic heterocycles. The number of hydrogen-bond donors (Lipinski definition) is 2. The summed E-state index contributed by atoms with van der Waals surface area (Å²) in [6, 6.07) is 0.247. The molecule has 2 N–H and O–H groups in total. The lowest BCUT2D eigenvalue weighted by atomic mass is 9.85. The summed E-state index contributed by atoms with van der Waals surface area (Å²) >= 11 is 0. The van der Waals surface area contributed by atoms with Crippen LogP contribution in [0.25, 0.3) is 0 Å². The molecule has 2 amide bonds. The third-order valence-corrected chi connectivity index (χ3v) is 3.38. The summed E-state index contributed by atoms with van der Waals surface area (Å²) in [6.07, 6.45) is 5.72. The maximum absolute atomic E-state index is 10.9. The molecule has 5 nitrogen and oxygen atoms in total. The van der Waals surface area contributed by atoms with Crippen molar-refractivity contribution in [3.8, 4) is 0 Å². The van der Waals surface area contributed by atoms with Gasteiger partial charge in [0.25, 0.3) is 0 Å². The summed E-state index contributed by atoms with van der Waals surface area (Å²) in [7, 11) is 0. The zero-order valence-electron chi connectivity index (χ0n) is 9.45. The maximum atomic E-state index is 10.9. The number of guanidine groups is 1. The molecule has 0 bridgehead atoms. The van der Waals surface area contributed by atoms with Gasteiger partial charge < -0.3 is 0 Å². The van der Waals surface area contributed by atoms with Crippen LogP contribution >= 0.6 is 0 Å². The van der Waals surface area contributed by atoms with Crippen molar-refractivity contribution < 1.29 is 9.59 Å². The Morgan fingerprint density at radius 2 is 1.69 bits per heavy atom. The summed E-state index contributed by atoms with van der Waals surface area (Å²) in [6.45, 7) is 2.22. The number of rotatable bonds is 2. The number of hydrogen-bond acceptors (Lipinski definition) is 3. The summed E-state index contributed by atoms with van der Waals surface area (Å²) in [5.41, 5.74) is 0. The molecule has 2 rings (SSSR count). The number of carbonyl (C=O) groups is 2. The minimum absolute atomic E-state index is 0.247. The van der Waals surface area contributed by atoms with E-state index in [1.165, 1.54) is 19.3 Å². The number of nitrogens with zero attached hydrogens (tertiary/aromatic N) is 1. The lowest BCUT2D eigenvalue weighted by molar-refractivity contribution is -0.135. The fourth-order valence-corrected chi connectivity index (χ4v) is 2.29. The van der Waals surface area contributed by atoms with Gasteiger partial charge in [-0.05, 0) is 31.6 Å². The average Bonchev–Trinajstić information content (AvgIpc) is 2.59. The first-order valence-electron chi connectivity index (χ1n) is 5.89. The van der Waals surface area contributed by atoms with Crippen LogP contribution in [0.15, 0.2) is 4.99 Å². The van der Waals surface area contributed by atoms with Crippen molar-refractivity contribution in [2.75, 3.05) is 0 Å². The van der Waals surface area contributed by atoms with Gasteiger partial charge in [0, 0.05) is 0 Å². The maximum Gasteiger partial charge on any atom is 0.316 e. The van der Waals surface area contributed by atoms with Crippen LogP contribution in [0.3, 0.4) is 0 Å². The quantitative estimate of drug-likeness (QED) is 0.671. The van der Waals surface area contributed by atoms with Gasteiger partial charge in [-0.25, -0.2) is 4.99 Å². The van der Waals surface area contributed by atoms with Crippen molar-refractivity contribution >= 4 is 17.8 Å². The van der Waals surface area contributed by atoms with Crippen LogP contribution in [0.5, 0.6) is 0 Å². The second-order valence-electron chi connectivity index (χ2n) is 4.47. The monoisotopic (exact) mass is 223 g/mol. The van der Waals surface area contributed by atoms with E-state index in [1.54, 1.807) is 0 Å². The zero-order chi connectivity index (χ0) is 11.5. The zero-order valence-corrected chi connectivity index (χ0v) is 9.45. The summed E-state index contributed by atoms with van der Waals surface area (Å²) in [5.74, 6) is -0.0684. The van der Waals surface area contributed by atoms with Gasteiger partial charge in [-0.15, -0.1) is 0 Å². The Morgan fingerprint density at radius 1 is 1.12 bits per heavy atom. The smallest absolute Gasteiger partial charge is 0.288 e. The largest absolute Gasteiger partial charge is 0.316 e. The topological polar surface area (TPSA) is 70.6 Å². The molecule has 5 heteroatoms. The molecule has 0 unspecified atom stereocenters. The molecule has 16 heavy (non-hydrogen) atoms. The van der Waals surface area contributed by atoms with Gasteiger partial charge in [0.15, 0.2) is 0 Å². The van der Waals surface area contributed by atoms with Gasteiger partial charge in [0.05, 0.1) is 6.04 Å². The van der Waals surface area contributed by atoms with Crippen LogP contribution in [-0.2, 0) is 9.59 Å². The highest BCUT2D eigenvalue weighted by Crippen LogP contribution is 2.28. The fraction of sp³-hybridized carbons (Fsp3) is 0.727. The van der Waals surface area contributed by atoms with Gasteiger partial charge >= 0.3 is 11.8 Å². The Morgan fingerprint density at radius 3 is 2.19 bits per heavy atom. The van der Waals surface area contributed by atoms with E-state index in [0.717, 1.165) is 18.8 Å². The average molecular weight is 223 g/mol. The minimum atomic E-state index is -0.610. The molecular formula is C11H17N3O2. The van der Waals surface area contributed by atoms with E-state index in [0.29, 0.717) is 5.96 Å². The molecule has 0 atom stereocenters. The SMILES string of the molecule is CCC1CCC(N=C2NC(=O)C(=O)N2)CC1. The van der Waals surface area contributed by atoms with Crippen LogP contribution in [0.4, 0.5) is 0 Å². The Bertz CT molecular complexity index is 312. The van der Waals surface area contributed by atoms with Crippen molar-refractivity contribution in [2.45, 2.75) is 45.1 Å². The van der Waals surface area contributed by atoms with Crippen molar-refractivity contribution in [1.82, 2.24) is 10.6 Å². The van der Waals surface area contributed by atoms with E-state index in [1.807, 2.05) is 0 Å². The predicted molar refractivity (Wildman–Crippen MR) is 59.8 cm³/mol. The van der Waals surface area contributed by atoms with Crippen molar-refractivity contribution in [2.24, 2.45) is 10.9 Å². The molecule has 1 saturated heterocycles. The molecule has 0 radical (unpaired) electrons. The highest BCUT2D eigenvalue weighted by Gasteiger charge is 2.27. The first-order valence-corrected chi connectivity index (χ1v) is 5.89. The van der Waals surface area contributed by atoms with Gasteiger partial charge in [-0.2, -0.15) is 0 Å². The molecule has 2 aliphatic rings. The number of carbonyl (C=O) groups excluding carboxylic acids is 2. The Kier molecular flexibility index (Phi) is 3.22. The highest BCUT2D eigenvalue weighted by molar-refractivity contribution is 6.45. The van der Waals surface area contributed by atoms with Crippen molar-refractivity contribution in [1.29, 1.82) is 0 Å². The molecule has 88 valence electrons. The molecule has 1 heterocycles. The van der Waals surface area contributed by atoms with Crippen LogP contribution in [-0.4, -0.2) is 23.8 Å². The molecular weight excluding hydrogens is 206 g/mol.